The molecule has 0 unspecified atom stereocenters. The van der Waals surface area contributed by atoms with Gasteiger partial charge in [-0.05, 0) is 35.8 Å². The largest absolute Gasteiger partial charge is 0.435 e. The van der Waals surface area contributed by atoms with Crippen LogP contribution in [0.4, 0.5) is 26.3 Å². The Labute approximate surface area is 134 Å². The molecule has 1 heterocycles. The van der Waals surface area contributed by atoms with Crippen LogP contribution >= 0.6 is 0 Å². The zero-order chi connectivity index (χ0) is 17.9. The first kappa shape index (κ1) is 17.1. The maximum absolute atomic E-state index is 13.0. The van der Waals surface area contributed by atoms with Gasteiger partial charge in [-0.1, -0.05) is 26.0 Å². The number of benzene rings is 1. The minimum Gasteiger partial charge on any atom is -0.255 e. The molecule has 2 aromatic rings. The Kier molecular flexibility index (Phi) is 3.84. The molecule has 1 aliphatic carbocycles. The number of fused-ring (bicyclic) bond motifs is 1. The fourth-order valence-electron chi connectivity index (χ4n) is 3.26. The minimum atomic E-state index is -4.79. The molecule has 8 heteroatoms. The van der Waals surface area contributed by atoms with E-state index in [4.69, 9.17) is 0 Å². The van der Waals surface area contributed by atoms with Crippen molar-refractivity contribution in [1.29, 1.82) is 0 Å². The second-order valence-electron chi connectivity index (χ2n) is 6.65. The third kappa shape index (κ3) is 3.23. The number of rotatable bonds is 3. The Morgan fingerprint density at radius 2 is 1.83 bits per heavy atom. The zero-order valence-electron chi connectivity index (χ0n) is 13.0. The van der Waals surface area contributed by atoms with Gasteiger partial charge < -0.3 is 0 Å². The molecule has 24 heavy (non-hydrogen) atoms. The number of hydrogen-bond acceptors (Lipinski definition) is 1. The van der Waals surface area contributed by atoms with Crippen molar-refractivity contribution < 1.29 is 26.3 Å². The van der Waals surface area contributed by atoms with Gasteiger partial charge in [0.1, 0.15) is 6.54 Å². The van der Waals surface area contributed by atoms with Crippen molar-refractivity contribution in [2.75, 3.05) is 0 Å². The molecule has 3 rings (SSSR count). The number of nitrogens with zero attached hydrogens (tertiary/aromatic N) is 2. The van der Waals surface area contributed by atoms with Gasteiger partial charge in [0.2, 0.25) is 0 Å². The number of halogens is 6. The fraction of sp³-hybridized carbons (Fsp3) is 0.562. The molecule has 2 nitrogen and oxygen atoms in total. The second kappa shape index (κ2) is 5.39. The van der Waals surface area contributed by atoms with E-state index in [0.717, 1.165) is 12.0 Å². The molecular formula is C16H16F6N2. The summed E-state index contributed by atoms with van der Waals surface area (Å²) in [5, 5.41) is 2.90. The highest BCUT2D eigenvalue weighted by molar-refractivity contribution is 5.83. The molecule has 0 radical (unpaired) electrons. The summed E-state index contributed by atoms with van der Waals surface area (Å²) in [6.45, 7) is 2.57. The van der Waals surface area contributed by atoms with E-state index in [-0.39, 0.29) is 16.8 Å². The van der Waals surface area contributed by atoms with E-state index >= 15 is 0 Å². The molecule has 1 aliphatic rings. The molecular weight excluding hydrogens is 334 g/mol. The van der Waals surface area contributed by atoms with Crippen molar-refractivity contribution in [3.05, 3.63) is 29.5 Å². The van der Waals surface area contributed by atoms with Crippen LogP contribution in [-0.2, 0) is 12.7 Å². The van der Waals surface area contributed by atoms with Crippen molar-refractivity contribution in [2.24, 2.45) is 11.8 Å². The summed E-state index contributed by atoms with van der Waals surface area (Å²) in [5.74, 6) is 1.04. The molecule has 0 spiro atoms. The lowest BCUT2D eigenvalue weighted by Crippen LogP contribution is -2.19. The van der Waals surface area contributed by atoms with Crippen LogP contribution in [0.1, 0.15) is 37.4 Å². The van der Waals surface area contributed by atoms with E-state index in [1.807, 2.05) is 0 Å². The summed E-state index contributed by atoms with van der Waals surface area (Å²) in [7, 11) is 0. The summed E-state index contributed by atoms with van der Waals surface area (Å²) >= 11 is 0. The lowest BCUT2D eigenvalue weighted by atomic mass is 10.0. The molecule has 2 atom stereocenters. The smallest absolute Gasteiger partial charge is 0.255 e. The molecule has 1 saturated carbocycles. The summed E-state index contributed by atoms with van der Waals surface area (Å²) in [6, 6.07) is 4.24. The van der Waals surface area contributed by atoms with Crippen LogP contribution in [-0.4, -0.2) is 16.0 Å². The molecule has 0 amide bonds. The van der Waals surface area contributed by atoms with E-state index in [2.05, 4.69) is 18.9 Å². The Morgan fingerprint density at radius 1 is 1.17 bits per heavy atom. The first-order valence-corrected chi connectivity index (χ1v) is 7.62. The predicted molar refractivity (Wildman–Crippen MR) is 76.5 cm³/mol. The second-order valence-corrected chi connectivity index (χ2v) is 6.65. The first-order valence-electron chi connectivity index (χ1n) is 7.62. The third-order valence-corrected chi connectivity index (χ3v) is 4.50. The third-order valence-electron chi connectivity index (χ3n) is 4.50. The minimum absolute atomic E-state index is 0.119. The van der Waals surface area contributed by atoms with Crippen molar-refractivity contribution in [3.8, 4) is 0 Å². The Morgan fingerprint density at radius 3 is 2.33 bits per heavy atom. The van der Waals surface area contributed by atoms with E-state index < -0.39 is 24.6 Å². The molecule has 0 aliphatic heterocycles. The molecule has 1 aromatic heterocycles. The summed E-state index contributed by atoms with van der Waals surface area (Å²) < 4.78 is 77.6. The van der Waals surface area contributed by atoms with Crippen molar-refractivity contribution in [3.63, 3.8) is 0 Å². The Balaban J connectivity index is 2.08. The highest BCUT2D eigenvalue weighted by Gasteiger charge is 2.42. The van der Waals surface area contributed by atoms with E-state index in [1.54, 1.807) is 6.07 Å². The Hall–Kier alpha value is -1.73. The predicted octanol–water partition coefficient (Wildman–Crippen LogP) is 5.38. The molecule has 0 N–H and O–H groups in total. The van der Waals surface area contributed by atoms with Crippen LogP contribution in [0.3, 0.4) is 0 Å². The molecule has 1 aromatic carbocycles. The normalized spacial score (nSPS) is 21.7. The van der Waals surface area contributed by atoms with Crippen LogP contribution in [0.2, 0.25) is 0 Å². The summed E-state index contributed by atoms with van der Waals surface area (Å²) in [4.78, 5) is 0. The first-order chi connectivity index (χ1) is 11.0. The van der Waals surface area contributed by atoms with Crippen LogP contribution in [0.5, 0.6) is 0 Å². The monoisotopic (exact) mass is 350 g/mol. The van der Waals surface area contributed by atoms with Crippen LogP contribution in [0.15, 0.2) is 18.2 Å². The standard InChI is InChI=1S/C16H16F6N2/c1-8(2)11-6-12(11)9-3-4-10-13(5-9)24(7-15(17,18)19)23-14(10)16(20,21)22/h3-5,8,11-12H,6-7H2,1-2H3/t11-,12-/m1/s1. The molecule has 0 saturated heterocycles. The van der Waals surface area contributed by atoms with Gasteiger partial charge in [-0.15, -0.1) is 0 Å². The highest BCUT2D eigenvalue weighted by Crippen LogP contribution is 2.52. The van der Waals surface area contributed by atoms with Gasteiger partial charge in [0.05, 0.1) is 5.52 Å². The van der Waals surface area contributed by atoms with Crippen LogP contribution in [0.25, 0.3) is 10.9 Å². The van der Waals surface area contributed by atoms with E-state index in [0.29, 0.717) is 16.5 Å². The van der Waals surface area contributed by atoms with E-state index in [9.17, 15) is 26.3 Å². The van der Waals surface area contributed by atoms with Crippen molar-refractivity contribution in [2.45, 2.75) is 45.1 Å². The van der Waals surface area contributed by atoms with Gasteiger partial charge in [0.15, 0.2) is 5.69 Å². The van der Waals surface area contributed by atoms with Crippen molar-refractivity contribution >= 4 is 10.9 Å². The molecule has 132 valence electrons. The fourth-order valence-corrected chi connectivity index (χ4v) is 3.26. The average Bonchev–Trinajstić information content (AvgIpc) is 3.14. The quantitative estimate of drug-likeness (QED) is 0.680. The van der Waals surface area contributed by atoms with Crippen LogP contribution in [0, 0.1) is 11.8 Å². The maximum Gasteiger partial charge on any atom is 0.435 e. The lowest BCUT2D eigenvalue weighted by molar-refractivity contribution is -0.148. The average molecular weight is 350 g/mol. The molecule has 0 bridgehead atoms. The summed E-state index contributed by atoms with van der Waals surface area (Å²) in [6.07, 6.45) is -8.53. The van der Waals surface area contributed by atoms with Gasteiger partial charge in [-0.2, -0.15) is 31.4 Å². The maximum atomic E-state index is 13.0. The number of aromatic nitrogens is 2. The Bertz CT molecular complexity index is 756. The number of alkyl halides is 6. The van der Waals surface area contributed by atoms with E-state index in [1.165, 1.54) is 12.1 Å². The van der Waals surface area contributed by atoms with Gasteiger partial charge in [-0.3, -0.25) is 4.68 Å². The lowest BCUT2D eigenvalue weighted by Gasteiger charge is -2.08. The van der Waals surface area contributed by atoms with Crippen LogP contribution < -0.4 is 0 Å². The zero-order valence-corrected chi connectivity index (χ0v) is 13.0. The van der Waals surface area contributed by atoms with Crippen molar-refractivity contribution in [1.82, 2.24) is 9.78 Å². The van der Waals surface area contributed by atoms with Gasteiger partial charge in [-0.25, -0.2) is 0 Å². The SMILES string of the molecule is CC(C)[C@H]1C[C@@H]1c1ccc2c(C(F)(F)F)nn(CC(F)(F)F)c2c1. The van der Waals surface area contributed by atoms with Gasteiger partial charge in [0.25, 0.3) is 0 Å². The van der Waals surface area contributed by atoms with Gasteiger partial charge >= 0.3 is 12.4 Å². The number of hydrogen-bond donors (Lipinski definition) is 0. The van der Waals surface area contributed by atoms with Gasteiger partial charge in [0, 0.05) is 5.39 Å². The molecule has 1 fully saturated rings. The topological polar surface area (TPSA) is 17.8 Å². The summed E-state index contributed by atoms with van der Waals surface area (Å²) in [5.41, 5.74) is -0.616. The highest BCUT2D eigenvalue weighted by atomic mass is 19.4.